The highest BCUT2D eigenvalue weighted by molar-refractivity contribution is 7.47. The Morgan fingerprint density at radius 2 is 2.06 bits per heavy atom. The minimum Gasteiger partial charge on any atom is -0.387 e. The van der Waals surface area contributed by atoms with Crippen LogP contribution >= 0.6 is 7.82 Å². The number of aryl methyl sites for hydroxylation is 1. The van der Waals surface area contributed by atoms with Crippen LogP contribution in [0.3, 0.4) is 0 Å². The molecule has 2 aromatic rings. The summed E-state index contributed by atoms with van der Waals surface area (Å²) >= 11 is 0. The molecule has 168 valence electrons. The summed E-state index contributed by atoms with van der Waals surface area (Å²) in [5.74, 6) is -0.466. The molecule has 1 aromatic heterocycles. The number of phosphoric ester groups is 1. The summed E-state index contributed by atoms with van der Waals surface area (Å²) in [4.78, 5) is 37.8. The molecule has 1 saturated heterocycles. The lowest BCUT2D eigenvalue weighted by Crippen LogP contribution is -2.36. The maximum Gasteiger partial charge on any atom is 0.472 e. The van der Waals surface area contributed by atoms with Crippen molar-refractivity contribution in [2.24, 2.45) is 0 Å². The van der Waals surface area contributed by atoms with Gasteiger partial charge in [0, 0.05) is 18.9 Å². The number of ether oxygens (including phenoxy) is 1. The van der Waals surface area contributed by atoms with Crippen molar-refractivity contribution in [1.82, 2.24) is 9.55 Å². The second-order valence-corrected chi connectivity index (χ2v) is 8.38. The number of carbonyl (C=O) groups excluding carboxylic acids is 1. The largest absolute Gasteiger partial charge is 0.472 e. The molecule has 1 aromatic carbocycles. The lowest BCUT2D eigenvalue weighted by molar-refractivity contribution is -0.0546. The third-order valence-corrected chi connectivity index (χ3v) is 5.53. The van der Waals surface area contributed by atoms with Crippen molar-refractivity contribution in [2.75, 3.05) is 19.0 Å². The molecule has 12 nitrogen and oxygen atoms in total. The van der Waals surface area contributed by atoms with Crippen LogP contribution in [0.1, 0.15) is 22.1 Å². The van der Waals surface area contributed by atoms with Gasteiger partial charge in [-0.2, -0.15) is 4.98 Å². The number of phosphoric acid groups is 1. The number of anilines is 1. The molecule has 1 aliphatic heterocycles. The van der Waals surface area contributed by atoms with E-state index in [0.29, 0.717) is 5.56 Å². The van der Waals surface area contributed by atoms with Crippen LogP contribution in [0.4, 0.5) is 5.82 Å². The summed E-state index contributed by atoms with van der Waals surface area (Å²) < 4.78 is 26.6. The van der Waals surface area contributed by atoms with Gasteiger partial charge in [-0.15, -0.1) is 0 Å². The van der Waals surface area contributed by atoms with Gasteiger partial charge in [-0.3, -0.25) is 18.4 Å². The molecule has 13 heteroatoms. The number of amides is 1. The lowest BCUT2D eigenvalue weighted by Gasteiger charge is -2.17. The molecule has 0 spiro atoms. The van der Waals surface area contributed by atoms with Gasteiger partial charge >= 0.3 is 13.5 Å². The number of nitrogens with one attached hydrogen (secondary N) is 1. The summed E-state index contributed by atoms with van der Waals surface area (Å²) in [7, 11) is -3.35. The van der Waals surface area contributed by atoms with Gasteiger partial charge in [0.05, 0.1) is 6.61 Å². The molecule has 0 aliphatic carbocycles. The Hall–Kier alpha value is -2.44. The van der Waals surface area contributed by atoms with Gasteiger partial charge in [0.15, 0.2) is 6.23 Å². The number of benzene rings is 1. The first-order valence-electron chi connectivity index (χ1n) is 9.13. The zero-order valence-electron chi connectivity index (χ0n) is 16.6. The zero-order chi connectivity index (χ0) is 22.8. The normalized spacial score (nSPS) is 25.2. The fraction of sp³-hybridized carbons (Fsp3) is 0.389. The van der Waals surface area contributed by atoms with Crippen LogP contribution in [-0.2, 0) is 18.3 Å². The van der Waals surface area contributed by atoms with Gasteiger partial charge in [-0.25, -0.2) is 9.36 Å². The van der Waals surface area contributed by atoms with Crippen molar-refractivity contribution in [3.8, 4) is 0 Å². The fourth-order valence-electron chi connectivity index (χ4n) is 2.97. The molecule has 31 heavy (non-hydrogen) atoms. The highest BCUT2D eigenvalue weighted by atomic mass is 31.2. The van der Waals surface area contributed by atoms with Crippen molar-refractivity contribution in [2.45, 2.75) is 31.5 Å². The Bertz CT molecular complexity index is 1060. The topological polar surface area (TPSA) is 169 Å². The molecule has 5 atom stereocenters. The molecule has 1 fully saturated rings. The molecule has 3 rings (SSSR count). The summed E-state index contributed by atoms with van der Waals surface area (Å²) in [5, 5.41) is 22.9. The Kier molecular flexibility index (Phi) is 7.02. The number of aliphatic hydroxyl groups excluding tert-OH is 2. The Morgan fingerprint density at radius 3 is 2.71 bits per heavy atom. The van der Waals surface area contributed by atoms with Gasteiger partial charge in [0.1, 0.15) is 24.1 Å². The molecule has 1 unspecified atom stereocenters. The van der Waals surface area contributed by atoms with Crippen LogP contribution < -0.4 is 11.0 Å². The summed E-state index contributed by atoms with van der Waals surface area (Å²) in [6.07, 6.45) is -4.35. The third kappa shape index (κ3) is 5.43. The minimum atomic E-state index is -4.32. The standard InChI is InChI=1S/C18H22N3O9P/c1-10-4-3-5-11(8-10)16(24)19-13-6-7-21(18(25)20-13)17-15(23)14(22)12(30-17)9-29-31(26,27)28-2/h3-8,12,14-15,17,22-23H,9H2,1-2H3,(H,26,27)(H,19,20,24,25)/t12-,14-,15-,17-/m1/s1. The average molecular weight is 455 g/mol. The molecule has 4 N–H and O–H groups in total. The number of aromatic nitrogens is 2. The monoisotopic (exact) mass is 455 g/mol. The van der Waals surface area contributed by atoms with Crippen LogP contribution in [0.15, 0.2) is 41.3 Å². The Balaban J connectivity index is 1.71. The first-order chi connectivity index (χ1) is 14.6. The maximum absolute atomic E-state index is 12.4. The highest BCUT2D eigenvalue weighted by Crippen LogP contribution is 2.43. The summed E-state index contributed by atoms with van der Waals surface area (Å²) in [5.41, 5.74) is 0.428. The highest BCUT2D eigenvalue weighted by Gasteiger charge is 2.45. The van der Waals surface area contributed by atoms with Crippen LogP contribution in [0.5, 0.6) is 0 Å². The van der Waals surface area contributed by atoms with Crippen molar-refractivity contribution >= 4 is 19.5 Å². The van der Waals surface area contributed by atoms with Crippen molar-refractivity contribution < 1.29 is 38.3 Å². The maximum atomic E-state index is 12.4. The molecule has 1 aliphatic rings. The average Bonchev–Trinajstić information content (AvgIpc) is 3.01. The van der Waals surface area contributed by atoms with E-state index in [1.807, 2.05) is 13.0 Å². The van der Waals surface area contributed by atoms with E-state index in [1.165, 1.54) is 12.3 Å². The molecule has 0 bridgehead atoms. The van der Waals surface area contributed by atoms with Crippen molar-refractivity contribution in [3.05, 3.63) is 58.1 Å². The molecule has 1 amide bonds. The summed E-state index contributed by atoms with van der Waals surface area (Å²) in [6.45, 7) is 1.27. The first-order valence-corrected chi connectivity index (χ1v) is 10.6. The van der Waals surface area contributed by atoms with Gasteiger partial charge in [0.25, 0.3) is 5.91 Å². The molecular weight excluding hydrogens is 433 g/mol. The predicted octanol–water partition coefficient (Wildman–Crippen LogP) is 0.187. The van der Waals surface area contributed by atoms with Crippen LogP contribution in [0, 0.1) is 6.92 Å². The number of hydrogen-bond donors (Lipinski definition) is 4. The number of nitrogens with zero attached hydrogens (tertiary/aromatic N) is 2. The predicted molar refractivity (Wildman–Crippen MR) is 106 cm³/mol. The van der Waals surface area contributed by atoms with E-state index in [0.717, 1.165) is 17.2 Å². The van der Waals surface area contributed by atoms with Crippen molar-refractivity contribution in [1.29, 1.82) is 0 Å². The smallest absolute Gasteiger partial charge is 0.387 e. The summed E-state index contributed by atoms with van der Waals surface area (Å²) in [6, 6.07) is 8.18. The van der Waals surface area contributed by atoms with Crippen LogP contribution in [0.2, 0.25) is 0 Å². The van der Waals surface area contributed by atoms with Crippen molar-refractivity contribution in [3.63, 3.8) is 0 Å². The quantitative estimate of drug-likeness (QED) is 0.423. The number of rotatable bonds is 7. The van der Waals surface area contributed by atoms with E-state index < -0.39 is 50.6 Å². The molecule has 0 radical (unpaired) electrons. The van der Waals surface area contributed by atoms with Gasteiger partial charge in [-0.05, 0) is 25.1 Å². The van der Waals surface area contributed by atoms with E-state index in [9.17, 15) is 29.3 Å². The first kappa shape index (κ1) is 23.2. The second-order valence-electron chi connectivity index (χ2n) is 6.82. The molecule has 0 saturated carbocycles. The number of carbonyl (C=O) groups is 1. The van der Waals surface area contributed by atoms with Gasteiger partial charge < -0.3 is 25.2 Å². The van der Waals surface area contributed by atoms with E-state index >= 15 is 0 Å². The van der Waals surface area contributed by atoms with Gasteiger partial charge in [0.2, 0.25) is 0 Å². The van der Waals surface area contributed by atoms with E-state index in [-0.39, 0.29) is 5.82 Å². The second kappa shape index (κ2) is 9.37. The molecule has 2 heterocycles. The van der Waals surface area contributed by atoms with E-state index in [4.69, 9.17) is 4.74 Å². The lowest BCUT2D eigenvalue weighted by atomic mass is 10.1. The Labute approximate surface area is 176 Å². The fourth-order valence-corrected chi connectivity index (χ4v) is 3.41. The SMILES string of the molecule is COP(=O)(O)OC[C@H]1O[C@@H](n2ccc(NC(=O)c3cccc(C)c3)nc2=O)[C@H](O)[C@@H]1O. The van der Waals surface area contributed by atoms with E-state index in [2.05, 4.69) is 19.3 Å². The Morgan fingerprint density at radius 1 is 1.32 bits per heavy atom. The van der Waals surface area contributed by atoms with E-state index in [1.54, 1.807) is 18.2 Å². The van der Waals surface area contributed by atoms with Crippen LogP contribution in [0.25, 0.3) is 0 Å². The van der Waals surface area contributed by atoms with Crippen LogP contribution in [-0.4, -0.2) is 62.6 Å². The number of hydrogen-bond acceptors (Lipinski definition) is 9. The third-order valence-electron chi connectivity index (χ3n) is 4.60. The molecular formula is C18H22N3O9P. The zero-order valence-corrected chi connectivity index (χ0v) is 17.5. The minimum absolute atomic E-state index is 0.0120. The number of aliphatic hydroxyl groups is 2. The van der Waals surface area contributed by atoms with Gasteiger partial charge in [-0.1, -0.05) is 17.7 Å².